The quantitative estimate of drug-likeness (QED) is 0.619. The molecule has 1 aromatic heterocycles. The molecular weight excluding hydrogens is 323 g/mol. The lowest BCUT2D eigenvalue weighted by Crippen LogP contribution is -2.22. The number of aliphatic hydroxyl groups is 1. The molecular formula is C16H22F3NO2Si. The Bertz CT molecular complexity index is 674. The summed E-state index contributed by atoms with van der Waals surface area (Å²) in [4.78, 5) is 0. The van der Waals surface area contributed by atoms with Gasteiger partial charge in [0, 0.05) is 26.3 Å². The summed E-state index contributed by atoms with van der Waals surface area (Å²) in [6.45, 7) is 7.10. The topological polar surface area (TPSA) is 34.4 Å². The molecule has 0 saturated carbocycles. The molecule has 0 spiro atoms. The van der Waals surface area contributed by atoms with Crippen molar-refractivity contribution in [2.45, 2.75) is 45.2 Å². The number of fused-ring (bicyclic) bond motifs is 1. The lowest BCUT2D eigenvalue weighted by Gasteiger charge is -2.16. The van der Waals surface area contributed by atoms with Crippen LogP contribution in [0.3, 0.4) is 0 Å². The van der Waals surface area contributed by atoms with Crippen molar-refractivity contribution in [3.8, 4) is 0 Å². The van der Waals surface area contributed by atoms with Crippen molar-refractivity contribution < 1.29 is 23.0 Å². The fourth-order valence-corrected chi connectivity index (χ4v) is 3.08. The van der Waals surface area contributed by atoms with Gasteiger partial charge in [0.1, 0.15) is 6.73 Å². The minimum atomic E-state index is -4.44. The Morgan fingerprint density at radius 2 is 1.91 bits per heavy atom. The average molecular weight is 345 g/mol. The van der Waals surface area contributed by atoms with Crippen LogP contribution in [-0.4, -0.2) is 24.4 Å². The van der Waals surface area contributed by atoms with Crippen LogP contribution < -0.4 is 0 Å². The van der Waals surface area contributed by atoms with E-state index in [1.54, 1.807) is 16.8 Å². The summed E-state index contributed by atoms with van der Waals surface area (Å²) in [5, 5.41) is 9.96. The van der Waals surface area contributed by atoms with Crippen LogP contribution in [0.1, 0.15) is 11.1 Å². The molecule has 0 fully saturated rings. The number of alkyl halides is 3. The zero-order chi connectivity index (χ0) is 17.3. The predicted octanol–water partition coefficient (Wildman–Crippen LogP) is 4.46. The van der Waals surface area contributed by atoms with Crippen molar-refractivity contribution in [1.29, 1.82) is 0 Å². The minimum Gasteiger partial charge on any atom is -0.392 e. The van der Waals surface area contributed by atoms with Gasteiger partial charge in [-0.15, -0.1) is 0 Å². The Morgan fingerprint density at radius 3 is 2.48 bits per heavy atom. The lowest BCUT2D eigenvalue weighted by molar-refractivity contribution is -0.137. The Balaban J connectivity index is 2.24. The van der Waals surface area contributed by atoms with Crippen LogP contribution in [0.4, 0.5) is 13.2 Å². The van der Waals surface area contributed by atoms with E-state index in [-0.39, 0.29) is 12.3 Å². The lowest BCUT2D eigenvalue weighted by atomic mass is 10.1. The SMILES string of the molecule is C[Si](C)(C)CCOCn1ccc2c(CO)cc(C(F)(F)F)cc21. The molecule has 0 amide bonds. The number of nitrogens with zero attached hydrogens (tertiary/aromatic N) is 1. The fourth-order valence-electron chi connectivity index (χ4n) is 2.32. The first-order chi connectivity index (χ1) is 10.6. The van der Waals surface area contributed by atoms with Crippen LogP contribution >= 0.6 is 0 Å². The standard InChI is InChI=1S/C16H22F3NO2Si/c1-23(2,3)7-6-22-11-20-5-4-14-12(10-21)8-13(9-15(14)20)16(17,18)19/h4-5,8-9,21H,6-7,10-11H2,1-3H3. The van der Waals surface area contributed by atoms with Gasteiger partial charge in [-0.05, 0) is 29.8 Å². The highest BCUT2D eigenvalue weighted by molar-refractivity contribution is 6.76. The predicted molar refractivity (Wildman–Crippen MR) is 87.0 cm³/mol. The van der Waals surface area contributed by atoms with E-state index >= 15 is 0 Å². The third-order valence-electron chi connectivity index (χ3n) is 3.70. The van der Waals surface area contributed by atoms with Gasteiger partial charge in [-0.1, -0.05) is 19.6 Å². The first kappa shape index (κ1) is 18.0. The number of halogens is 3. The average Bonchev–Trinajstić information content (AvgIpc) is 2.84. The third kappa shape index (κ3) is 4.59. The maximum absolute atomic E-state index is 13.0. The zero-order valence-electron chi connectivity index (χ0n) is 13.6. The number of hydrogen-bond acceptors (Lipinski definition) is 2. The number of benzene rings is 1. The fraction of sp³-hybridized carbons (Fsp3) is 0.500. The van der Waals surface area contributed by atoms with Gasteiger partial charge in [0.2, 0.25) is 0 Å². The van der Waals surface area contributed by atoms with Crippen LogP contribution in [-0.2, 0) is 24.3 Å². The summed E-state index contributed by atoms with van der Waals surface area (Å²) >= 11 is 0. The third-order valence-corrected chi connectivity index (χ3v) is 5.40. The van der Waals surface area contributed by atoms with E-state index < -0.39 is 26.4 Å². The molecule has 1 heterocycles. The van der Waals surface area contributed by atoms with Gasteiger partial charge in [-0.3, -0.25) is 0 Å². The van der Waals surface area contributed by atoms with E-state index in [0.717, 1.165) is 18.2 Å². The second-order valence-electron chi connectivity index (χ2n) is 6.86. The normalized spacial score (nSPS) is 13.0. The highest BCUT2D eigenvalue weighted by atomic mass is 28.3. The van der Waals surface area contributed by atoms with Gasteiger partial charge in [0.15, 0.2) is 0 Å². The molecule has 0 saturated heterocycles. The van der Waals surface area contributed by atoms with E-state index in [2.05, 4.69) is 19.6 Å². The van der Waals surface area contributed by atoms with Crippen LogP contribution in [0.2, 0.25) is 25.7 Å². The van der Waals surface area contributed by atoms with E-state index in [4.69, 9.17) is 4.74 Å². The molecule has 7 heteroatoms. The van der Waals surface area contributed by atoms with Crippen LogP contribution in [0.15, 0.2) is 24.4 Å². The molecule has 0 aliphatic carbocycles. The molecule has 0 aliphatic heterocycles. The largest absolute Gasteiger partial charge is 0.416 e. The number of aliphatic hydroxyl groups excluding tert-OH is 1. The minimum absolute atomic E-state index is 0.208. The van der Waals surface area contributed by atoms with E-state index in [1.165, 1.54) is 0 Å². The van der Waals surface area contributed by atoms with Crippen molar-refractivity contribution in [2.75, 3.05) is 6.61 Å². The summed E-state index contributed by atoms with van der Waals surface area (Å²) in [6.07, 6.45) is -2.75. The van der Waals surface area contributed by atoms with Crippen molar-refractivity contribution in [2.24, 2.45) is 0 Å². The number of hydrogen-bond donors (Lipinski definition) is 1. The summed E-state index contributed by atoms with van der Waals surface area (Å²) in [5.41, 5.74) is -0.0522. The summed E-state index contributed by atoms with van der Waals surface area (Å²) in [7, 11) is -1.20. The van der Waals surface area contributed by atoms with Crippen molar-refractivity contribution >= 4 is 19.0 Å². The number of ether oxygens (including phenoxy) is 1. The smallest absolute Gasteiger partial charge is 0.392 e. The summed E-state index contributed by atoms with van der Waals surface area (Å²) < 4.78 is 46.2. The highest BCUT2D eigenvalue weighted by Gasteiger charge is 2.31. The molecule has 23 heavy (non-hydrogen) atoms. The highest BCUT2D eigenvalue weighted by Crippen LogP contribution is 2.33. The van der Waals surface area contributed by atoms with E-state index in [9.17, 15) is 18.3 Å². The number of aromatic nitrogens is 1. The molecule has 0 aliphatic rings. The maximum atomic E-state index is 13.0. The van der Waals surface area contributed by atoms with E-state index in [0.29, 0.717) is 17.5 Å². The molecule has 0 bridgehead atoms. The second-order valence-corrected chi connectivity index (χ2v) is 12.5. The van der Waals surface area contributed by atoms with Crippen molar-refractivity contribution in [3.05, 3.63) is 35.5 Å². The van der Waals surface area contributed by atoms with Gasteiger partial charge >= 0.3 is 6.18 Å². The second kappa shape index (κ2) is 6.66. The molecule has 2 aromatic rings. The molecule has 3 nitrogen and oxygen atoms in total. The van der Waals surface area contributed by atoms with E-state index in [1.807, 2.05) is 0 Å². The molecule has 0 unspecified atom stereocenters. The Labute approximate surface area is 134 Å². The first-order valence-electron chi connectivity index (χ1n) is 7.49. The van der Waals surface area contributed by atoms with Crippen LogP contribution in [0.5, 0.6) is 0 Å². The summed E-state index contributed by atoms with van der Waals surface area (Å²) in [5.74, 6) is 0. The van der Waals surface area contributed by atoms with Gasteiger partial charge < -0.3 is 14.4 Å². The molecule has 0 radical (unpaired) electrons. The maximum Gasteiger partial charge on any atom is 0.416 e. The van der Waals surface area contributed by atoms with Crippen LogP contribution in [0, 0.1) is 0 Å². The van der Waals surface area contributed by atoms with Crippen LogP contribution in [0.25, 0.3) is 10.9 Å². The van der Waals surface area contributed by atoms with Gasteiger partial charge in [-0.25, -0.2) is 0 Å². The van der Waals surface area contributed by atoms with Gasteiger partial charge in [-0.2, -0.15) is 13.2 Å². The Kier molecular flexibility index (Phi) is 5.22. The van der Waals surface area contributed by atoms with Crippen molar-refractivity contribution in [1.82, 2.24) is 4.57 Å². The van der Waals surface area contributed by atoms with Crippen molar-refractivity contribution in [3.63, 3.8) is 0 Å². The Morgan fingerprint density at radius 1 is 1.22 bits per heavy atom. The molecule has 0 atom stereocenters. The monoisotopic (exact) mass is 345 g/mol. The first-order valence-corrected chi connectivity index (χ1v) is 11.2. The molecule has 2 rings (SSSR count). The van der Waals surface area contributed by atoms with Gasteiger partial charge in [0.25, 0.3) is 0 Å². The molecule has 1 N–H and O–H groups in total. The summed E-state index contributed by atoms with van der Waals surface area (Å²) in [6, 6.07) is 4.82. The zero-order valence-corrected chi connectivity index (χ0v) is 14.6. The number of rotatable bonds is 6. The Hall–Kier alpha value is -1.31. The van der Waals surface area contributed by atoms with Gasteiger partial charge in [0.05, 0.1) is 17.7 Å². The molecule has 1 aromatic carbocycles. The molecule has 128 valence electrons.